The van der Waals surface area contributed by atoms with Crippen molar-refractivity contribution in [3.05, 3.63) is 29.8 Å². The number of esters is 1. The Morgan fingerprint density at radius 2 is 2.00 bits per heavy atom. The van der Waals surface area contributed by atoms with Crippen LogP contribution in [0.15, 0.2) is 24.3 Å². The Kier molecular flexibility index (Phi) is 4.73. The molecule has 0 fully saturated rings. The van der Waals surface area contributed by atoms with Gasteiger partial charge in [-0.2, -0.15) is 0 Å². The van der Waals surface area contributed by atoms with Crippen LogP contribution in [-0.2, 0) is 9.53 Å². The minimum atomic E-state index is -0.681. The molecule has 0 aliphatic heterocycles. The molecular formula is C14H21NO3. The lowest BCUT2D eigenvalue weighted by atomic mass is 9.95. The molecule has 1 aromatic carbocycles. The van der Waals surface area contributed by atoms with Crippen molar-refractivity contribution in [2.45, 2.75) is 26.8 Å². The van der Waals surface area contributed by atoms with E-state index in [4.69, 9.17) is 15.2 Å². The molecule has 4 heteroatoms. The van der Waals surface area contributed by atoms with Gasteiger partial charge in [0, 0.05) is 11.6 Å². The third-order valence-electron chi connectivity index (χ3n) is 2.74. The maximum absolute atomic E-state index is 11.5. The van der Waals surface area contributed by atoms with Crippen molar-refractivity contribution in [2.24, 2.45) is 11.1 Å². The average molecular weight is 251 g/mol. The Hall–Kier alpha value is -1.55. The number of rotatable bonds is 5. The van der Waals surface area contributed by atoms with E-state index >= 15 is 0 Å². The molecule has 1 rings (SSSR count). The molecule has 0 aromatic heterocycles. The van der Waals surface area contributed by atoms with Gasteiger partial charge in [0.2, 0.25) is 0 Å². The number of para-hydroxylation sites is 1. The molecule has 18 heavy (non-hydrogen) atoms. The molecule has 1 aromatic rings. The summed E-state index contributed by atoms with van der Waals surface area (Å²) in [6.07, 6.45) is 0. The normalized spacial score (nSPS) is 12.9. The highest BCUT2D eigenvalue weighted by atomic mass is 16.5. The second-order valence-corrected chi connectivity index (χ2v) is 4.99. The van der Waals surface area contributed by atoms with Crippen molar-refractivity contribution in [1.82, 2.24) is 0 Å². The third-order valence-corrected chi connectivity index (χ3v) is 2.74. The number of hydrogen-bond acceptors (Lipinski definition) is 4. The van der Waals surface area contributed by atoms with E-state index in [0.717, 1.165) is 5.56 Å². The van der Waals surface area contributed by atoms with Crippen LogP contribution < -0.4 is 10.5 Å². The topological polar surface area (TPSA) is 61.5 Å². The van der Waals surface area contributed by atoms with Gasteiger partial charge in [0.25, 0.3) is 0 Å². The van der Waals surface area contributed by atoms with E-state index in [1.54, 1.807) is 13.8 Å². The summed E-state index contributed by atoms with van der Waals surface area (Å²) >= 11 is 0. The van der Waals surface area contributed by atoms with Crippen molar-refractivity contribution < 1.29 is 14.3 Å². The van der Waals surface area contributed by atoms with Gasteiger partial charge in [-0.15, -0.1) is 0 Å². The lowest BCUT2D eigenvalue weighted by molar-refractivity contribution is -0.152. The Bertz CT molecular complexity index is 413. The largest absolute Gasteiger partial charge is 0.492 e. The van der Waals surface area contributed by atoms with Gasteiger partial charge >= 0.3 is 5.97 Å². The number of ether oxygens (including phenoxy) is 2. The molecule has 0 unspecified atom stereocenters. The monoisotopic (exact) mass is 251 g/mol. The number of nitrogens with two attached hydrogens (primary N) is 1. The van der Waals surface area contributed by atoms with Crippen LogP contribution in [0.3, 0.4) is 0 Å². The zero-order valence-electron chi connectivity index (χ0n) is 11.4. The molecule has 0 saturated carbocycles. The highest BCUT2D eigenvalue weighted by Crippen LogP contribution is 2.26. The second-order valence-electron chi connectivity index (χ2n) is 4.99. The summed E-state index contributed by atoms with van der Waals surface area (Å²) < 4.78 is 10.4. The number of carbonyl (C=O) groups is 1. The van der Waals surface area contributed by atoms with Gasteiger partial charge in [-0.1, -0.05) is 18.2 Å². The first-order valence-corrected chi connectivity index (χ1v) is 5.94. The first-order chi connectivity index (χ1) is 8.38. The molecular weight excluding hydrogens is 230 g/mol. The Balaban J connectivity index is 2.78. The average Bonchev–Trinajstić information content (AvgIpc) is 2.35. The molecule has 100 valence electrons. The van der Waals surface area contributed by atoms with Crippen molar-refractivity contribution in [2.75, 3.05) is 13.7 Å². The van der Waals surface area contributed by atoms with Crippen LogP contribution in [0.5, 0.6) is 5.75 Å². The lowest BCUT2D eigenvalue weighted by Crippen LogP contribution is -2.32. The second kappa shape index (κ2) is 5.87. The first kappa shape index (κ1) is 14.5. The minimum absolute atomic E-state index is 0.109. The Labute approximate surface area is 108 Å². The van der Waals surface area contributed by atoms with Crippen LogP contribution in [0.1, 0.15) is 32.4 Å². The Morgan fingerprint density at radius 1 is 1.39 bits per heavy atom. The van der Waals surface area contributed by atoms with E-state index in [1.807, 2.05) is 31.2 Å². The number of benzene rings is 1. The van der Waals surface area contributed by atoms with E-state index in [9.17, 15) is 4.79 Å². The number of methoxy groups -OCH3 is 1. The van der Waals surface area contributed by atoms with E-state index in [0.29, 0.717) is 5.75 Å². The summed E-state index contributed by atoms with van der Waals surface area (Å²) in [6.45, 7) is 5.72. The van der Waals surface area contributed by atoms with Crippen LogP contribution in [-0.4, -0.2) is 19.7 Å². The molecule has 0 aliphatic rings. The summed E-state index contributed by atoms with van der Waals surface area (Å²) in [4.78, 5) is 11.5. The van der Waals surface area contributed by atoms with E-state index in [2.05, 4.69) is 0 Å². The predicted octanol–water partition coefficient (Wildman–Crippen LogP) is 2.28. The third kappa shape index (κ3) is 3.47. The molecule has 0 saturated heterocycles. The van der Waals surface area contributed by atoms with Crippen LogP contribution in [0.2, 0.25) is 0 Å². The van der Waals surface area contributed by atoms with Crippen LogP contribution >= 0.6 is 0 Å². The van der Waals surface area contributed by atoms with Gasteiger partial charge < -0.3 is 15.2 Å². The first-order valence-electron chi connectivity index (χ1n) is 5.94. The standard InChI is InChI=1S/C14H21NO3/c1-10(15)11-7-5-6-8-12(11)18-9-14(2,3)13(16)17-4/h5-8,10H,9,15H2,1-4H3/t10-/m1/s1. The fraction of sp³-hybridized carbons (Fsp3) is 0.500. The molecule has 4 nitrogen and oxygen atoms in total. The fourth-order valence-corrected chi connectivity index (χ4v) is 1.58. The minimum Gasteiger partial charge on any atom is -0.492 e. The van der Waals surface area contributed by atoms with Gasteiger partial charge in [0.15, 0.2) is 0 Å². The number of hydrogen-bond donors (Lipinski definition) is 1. The van der Waals surface area contributed by atoms with E-state index < -0.39 is 5.41 Å². The molecule has 0 aliphatic carbocycles. The van der Waals surface area contributed by atoms with Crippen molar-refractivity contribution in [3.8, 4) is 5.75 Å². The lowest BCUT2D eigenvalue weighted by Gasteiger charge is -2.23. The maximum atomic E-state index is 11.5. The van der Waals surface area contributed by atoms with Crippen LogP contribution in [0.25, 0.3) is 0 Å². The zero-order chi connectivity index (χ0) is 13.8. The summed E-state index contributed by atoms with van der Waals surface area (Å²) in [5, 5.41) is 0. The molecule has 0 bridgehead atoms. The summed E-state index contributed by atoms with van der Waals surface area (Å²) in [7, 11) is 1.37. The highest BCUT2D eigenvalue weighted by Gasteiger charge is 2.30. The van der Waals surface area contributed by atoms with Gasteiger partial charge in [-0.05, 0) is 26.8 Å². The van der Waals surface area contributed by atoms with Crippen molar-refractivity contribution >= 4 is 5.97 Å². The van der Waals surface area contributed by atoms with Gasteiger partial charge in [0.1, 0.15) is 12.4 Å². The fourth-order valence-electron chi connectivity index (χ4n) is 1.58. The number of carbonyl (C=O) groups excluding carboxylic acids is 1. The quantitative estimate of drug-likeness (QED) is 0.816. The molecule has 0 heterocycles. The summed E-state index contributed by atoms with van der Waals surface area (Å²) in [6, 6.07) is 7.46. The maximum Gasteiger partial charge on any atom is 0.314 e. The zero-order valence-corrected chi connectivity index (χ0v) is 11.4. The smallest absolute Gasteiger partial charge is 0.314 e. The van der Waals surface area contributed by atoms with E-state index in [1.165, 1.54) is 7.11 Å². The molecule has 2 N–H and O–H groups in total. The molecule has 0 amide bonds. The molecule has 0 spiro atoms. The summed E-state index contributed by atoms with van der Waals surface area (Å²) in [5.74, 6) is 0.422. The SMILES string of the molecule is COC(=O)C(C)(C)COc1ccccc1[C@@H](C)N. The van der Waals surface area contributed by atoms with Crippen LogP contribution in [0, 0.1) is 5.41 Å². The van der Waals surface area contributed by atoms with E-state index in [-0.39, 0.29) is 18.6 Å². The molecule has 1 atom stereocenters. The van der Waals surface area contributed by atoms with Crippen LogP contribution in [0.4, 0.5) is 0 Å². The predicted molar refractivity (Wildman–Crippen MR) is 70.3 cm³/mol. The Morgan fingerprint density at radius 3 is 2.56 bits per heavy atom. The summed E-state index contributed by atoms with van der Waals surface area (Å²) in [5.41, 5.74) is 6.12. The van der Waals surface area contributed by atoms with Gasteiger partial charge in [0.05, 0.1) is 12.5 Å². The van der Waals surface area contributed by atoms with Gasteiger partial charge in [-0.25, -0.2) is 0 Å². The molecule has 0 radical (unpaired) electrons. The van der Waals surface area contributed by atoms with Crippen molar-refractivity contribution in [1.29, 1.82) is 0 Å². The van der Waals surface area contributed by atoms with Gasteiger partial charge in [-0.3, -0.25) is 4.79 Å². The van der Waals surface area contributed by atoms with Crippen molar-refractivity contribution in [3.63, 3.8) is 0 Å². The highest BCUT2D eigenvalue weighted by molar-refractivity contribution is 5.75.